The minimum absolute atomic E-state index is 0.560. The van der Waals surface area contributed by atoms with Gasteiger partial charge >= 0.3 is 0 Å². The molecule has 2 aromatic rings. The zero-order valence-corrected chi connectivity index (χ0v) is 8.23. The molecule has 3 heteroatoms. The number of amides is 1. The van der Waals surface area contributed by atoms with Gasteiger partial charge < -0.3 is 10.3 Å². The average Bonchev–Trinajstić information content (AvgIpc) is 2.80. The maximum atomic E-state index is 10.3. The molecular formula is C12H12N2O. The van der Waals surface area contributed by atoms with Crippen LogP contribution in [0.5, 0.6) is 0 Å². The summed E-state index contributed by atoms with van der Waals surface area (Å²) in [6.07, 6.45) is 4.55. The fourth-order valence-corrected chi connectivity index (χ4v) is 1.60. The van der Waals surface area contributed by atoms with Crippen molar-refractivity contribution in [3.8, 4) is 11.1 Å². The Morgan fingerprint density at radius 3 is 2.87 bits per heavy atom. The Hall–Kier alpha value is -2.03. The predicted octanol–water partition coefficient (Wildman–Crippen LogP) is 1.93. The first kappa shape index (κ1) is 9.52. The van der Waals surface area contributed by atoms with Gasteiger partial charge in [-0.1, -0.05) is 24.3 Å². The summed E-state index contributed by atoms with van der Waals surface area (Å²) in [7, 11) is 0. The Labute approximate surface area is 88.1 Å². The predicted molar refractivity (Wildman–Crippen MR) is 59.1 cm³/mol. The van der Waals surface area contributed by atoms with Crippen molar-refractivity contribution in [3.63, 3.8) is 0 Å². The highest BCUT2D eigenvalue weighted by molar-refractivity contribution is 5.67. The van der Waals surface area contributed by atoms with Crippen molar-refractivity contribution >= 4 is 6.41 Å². The number of rotatable bonds is 4. The normalized spacial score (nSPS) is 9.87. The molecule has 0 saturated carbocycles. The van der Waals surface area contributed by atoms with Gasteiger partial charge in [-0.15, -0.1) is 0 Å². The monoisotopic (exact) mass is 200 g/mol. The van der Waals surface area contributed by atoms with E-state index in [0.29, 0.717) is 13.0 Å². The van der Waals surface area contributed by atoms with Crippen LogP contribution in [0.15, 0.2) is 42.7 Å². The van der Waals surface area contributed by atoms with Gasteiger partial charge in [-0.3, -0.25) is 4.79 Å². The van der Waals surface area contributed by atoms with Crippen LogP contribution in [-0.2, 0) is 11.3 Å². The molecule has 0 radical (unpaired) electrons. The summed E-state index contributed by atoms with van der Waals surface area (Å²) in [6, 6.07) is 10.0. The van der Waals surface area contributed by atoms with Crippen LogP contribution in [0.1, 0.15) is 5.56 Å². The van der Waals surface area contributed by atoms with E-state index in [-0.39, 0.29) is 0 Å². The van der Waals surface area contributed by atoms with Gasteiger partial charge in [0.1, 0.15) is 0 Å². The highest BCUT2D eigenvalue weighted by atomic mass is 16.1. The van der Waals surface area contributed by atoms with E-state index in [1.807, 2.05) is 42.7 Å². The first-order chi connectivity index (χ1) is 7.42. The van der Waals surface area contributed by atoms with Crippen LogP contribution in [0.4, 0.5) is 0 Å². The second-order valence-electron chi connectivity index (χ2n) is 3.26. The first-order valence-corrected chi connectivity index (χ1v) is 4.80. The van der Waals surface area contributed by atoms with Gasteiger partial charge in [0.2, 0.25) is 6.41 Å². The third-order valence-electron chi connectivity index (χ3n) is 2.30. The molecule has 1 amide bonds. The first-order valence-electron chi connectivity index (χ1n) is 4.80. The molecule has 0 aliphatic heterocycles. The van der Waals surface area contributed by atoms with Gasteiger partial charge in [-0.25, -0.2) is 0 Å². The Bertz CT molecular complexity index is 435. The molecule has 0 saturated heterocycles. The van der Waals surface area contributed by atoms with E-state index in [1.165, 1.54) is 0 Å². The van der Waals surface area contributed by atoms with E-state index < -0.39 is 0 Å². The molecule has 3 nitrogen and oxygen atoms in total. The van der Waals surface area contributed by atoms with Crippen molar-refractivity contribution in [2.75, 3.05) is 0 Å². The lowest BCUT2D eigenvalue weighted by Crippen LogP contribution is -2.10. The smallest absolute Gasteiger partial charge is 0.207 e. The molecule has 76 valence electrons. The molecule has 2 rings (SSSR count). The van der Waals surface area contributed by atoms with Crippen molar-refractivity contribution in [2.24, 2.45) is 0 Å². The van der Waals surface area contributed by atoms with Crippen molar-refractivity contribution in [1.82, 2.24) is 10.3 Å². The fraction of sp³-hybridized carbons (Fsp3) is 0.0833. The molecule has 1 heterocycles. The zero-order valence-electron chi connectivity index (χ0n) is 8.23. The molecule has 2 N–H and O–H groups in total. The van der Waals surface area contributed by atoms with Gasteiger partial charge in [0, 0.05) is 18.9 Å². The second kappa shape index (κ2) is 4.46. The van der Waals surface area contributed by atoms with Crippen LogP contribution >= 0.6 is 0 Å². The molecule has 0 aliphatic rings. The van der Waals surface area contributed by atoms with E-state index in [4.69, 9.17) is 0 Å². The molecule has 0 spiro atoms. The van der Waals surface area contributed by atoms with Gasteiger partial charge in [-0.2, -0.15) is 0 Å². The number of aromatic amines is 1. The zero-order chi connectivity index (χ0) is 10.5. The Kier molecular flexibility index (Phi) is 2.83. The number of nitrogens with one attached hydrogen (secondary N) is 2. The van der Waals surface area contributed by atoms with Gasteiger partial charge in [0.25, 0.3) is 0 Å². The molecule has 0 aliphatic carbocycles. The number of carbonyl (C=O) groups is 1. The third-order valence-corrected chi connectivity index (χ3v) is 2.30. The van der Waals surface area contributed by atoms with Crippen molar-refractivity contribution in [3.05, 3.63) is 48.3 Å². The highest BCUT2D eigenvalue weighted by Gasteiger charge is 2.03. The van der Waals surface area contributed by atoms with Gasteiger partial charge in [0.05, 0.1) is 0 Å². The molecule has 0 atom stereocenters. The Morgan fingerprint density at radius 2 is 2.13 bits per heavy atom. The lowest BCUT2D eigenvalue weighted by atomic mass is 10.0. The largest absolute Gasteiger partial charge is 0.367 e. The Morgan fingerprint density at radius 1 is 1.27 bits per heavy atom. The second-order valence-corrected chi connectivity index (χ2v) is 3.26. The number of H-pyrrole nitrogens is 1. The van der Waals surface area contributed by atoms with Crippen LogP contribution in [-0.4, -0.2) is 11.4 Å². The van der Waals surface area contributed by atoms with Crippen LogP contribution < -0.4 is 5.32 Å². The summed E-state index contributed by atoms with van der Waals surface area (Å²) in [5, 5.41) is 2.68. The number of carbonyl (C=O) groups excluding carboxylic acids is 1. The number of hydrogen-bond acceptors (Lipinski definition) is 1. The van der Waals surface area contributed by atoms with E-state index in [2.05, 4.69) is 10.3 Å². The molecule has 0 bridgehead atoms. The lowest BCUT2D eigenvalue weighted by Gasteiger charge is -2.06. The van der Waals surface area contributed by atoms with E-state index in [9.17, 15) is 4.79 Å². The van der Waals surface area contributed by atoms with Crippen LogP contribution in [0, 0.1) is 0 Å². The molecule has 0 unspecified atom stereocenters. The van der Waals surface area contributed by atoms with E-state index in [0.717, 1.165) is 16.7 Å². The molecule has 1 aromatic carbocycles. The Balaban J connectivity index is 2.34. The quantitative estimate of drug-likeness (QED) is 0.728. The summed E-state index contributed by atoms with van der Waals surface area (Å²) in [5.74, 6) is 0. The van der Waals surface area contributed by atoms with E-state index >= 15 is 0 Å². The van der Waals surface area contributed by atoms with Crippen LogP contribution in [0.2, 0.25) is 0 Å². The molecule has 15 heavy (non-hydrogen) atoms. The SMILES string of the molecule is O=CNCc1ccccc1-c1cc[nH]c1. The molecule has 0 fully saturated rings. The lowest BCUT2D eigenvalue weighted by molar-refractivity contribution is -0.109. The molecular weight excluding hydrogens is 188 g/mol. The van der Waals surface area contributed by atoms with Crippen molar-refractivity contribution in [1.29, 1.82) is 0 Å². The molecule has 1 aromatic heterocycles. The number of hydrogen-bond donors (Lipinski definition) is 2. The topological polar surface area (TPSA) is 44.9 Å². The van der Waals surface area contributed by atoms with Crippen molar-refractivity contribution in [2.45, 2.75) is 6.54 Å². The number of aromatic nitrogens is 1. The summed E-state index contributed by atoms with van der Waals surface area (Å²) in [4.78, 5) is 13.3. The summed E-state index contributed by atoms with van der Waals surface area (Å²) < 4.78 is 0. The van der Waals surface area contributed by atoms with Crippen molar-refractivity contribution < 1.29 is 4.79 Å². The maximum absolute atomic E-state index is 10.3. The maximum Gasteiger partial charge on any atom is 0.207 e. The average molecular weight is 200 g/mol. The van der Waals surface area contributed by atoms with Gasteiger partial charge in [0.15, 0.2) is 0 Å². The summed E-state index contributed by atoms with van der Waals surface area (Å²) in [5.41, 5.74) is 3.40. The van der Waals surface area contributed by atoms with E-state index in [1.54, 1.807) is 0 Å². The standard InChI is InChI=1S/C12H12N2O/c15-9-14-8-10-3-1-2-4-12(10)11-5-6-13-7-11/h1-7,9,13H,8H2,(H,14,15). The van der Waals surface area contributed by atoms with Gasteiger partial charge in [-0.05, 0) is 22.8 Å². The number of benzene rings is 1. The summed E-state index contributed by atoms with van der Waals surface area (Å²) in [6.45, 7) is 0.560. The minimum Gasteiger partial charge on any atom is -0.367 e. The van der Waals surface area contributed by atoms with Crippen LogP contribution in [0.25, 0.3) is 11.1 Å². The fourth-order valence-electron chi connectivity index (χ4n) is 1.60. The third kappa shape index (κ3) is 2.07. The highest BCUT2D eigenvalue weighted by Crippen LogP contribution is 2.22. The van der Waals surface area contributed by atoms with Crippen LogP contribution in [0.3, 0.4) is 0 Å². The minimum atomic E-state index is 0.560. The summed E-state index contributed by atoms with van der Waals surface area (Å²) >= 11 is 0.